The zero-order valence-corrected chi connectivity index (χ0v) is 17.6. The molecule has 30 heavy (non-hydrogen) atoms. The maximum absolute atomic E-state index is 12.8. The number of nitrogens with zero attached hydrogens (tertiary/aromatic N) is 2. The van der Waals surface area contributed by atoms with Crippen LogP contribution in [-0.2, 0) is 20.9 Å². The van der Waals surface area contributed by atoms with Gasteiger partial charge in [0.05, 0.1) is 22.0 Å². The molecule has 1 unspecified atom stereocenters. The Morgan fingerprint density at radius 3 is 2.90 bits per heavy atom. The molecule has 156 valence electrons. The minimum absolute atomic E-state index is 0.0764. The lowest BCUT2D eigenvalue weighted by Gasteiger charge is -2.23. The second-order valence-electron chi connectivity index (χ2n) is 6.97. The maximum atomic E-state index is 12.8. The van der Waals surface area contributed by atoms with Crippen molar-refractivity contribution in [2.75, 3.05) is 23.8 Å². The summed E-state index contributed by atoms with van der Waals surface area (Å²) in [5, 5.41) is 5.31. The van der Waals surface area contributed by atoms with Crippen molar-refractivity contribution in [3.63, 3.8) is 0 Å². The number of carbonyl (C=O) groups excluding carboxylic acids is 2. The predicted octanol–water partition coefficient (Wildman–Crippen LogP) is 3.90. The Bertz CT molecular complexity index is 1070. The van der Waals surface area contributed by atoms with Gasteiger partial charge in [0.1, 0.15) is 0 Å². The number of para-hydroxylation sites is 3. The van der Waals surface area contributed by atoms with Crippen LogP contribution >= 0.6 is 11.8 Å². The summed E-state index contributed by atoms with van der Waals surface area (Å²) in [6, 6.07) is 15.4. The molecule has 0 saturated heterocycles. The van der Waals surface area contributed by atoms with Crippen molar-refractivity contribution in [2.45, 2.75) is 36.5 Å². The summed E-state index contributed by atoms with van der Waals surface area (Å²) in [6.07, 6.45) is 0.891. The molecule has 2 N–H and O–H groups in total. The maximum Gasteiger partial charge on any atom is 0.238 e. The van der Waals surface area contributed by atoms with Gasteiger partial charge in [0.25, 0.3) is 0 Å². The number of ether oxygens (including phenoxy) is 1. The van der Waals surface area contributed by atoms with Gasteiger partial charge in [-0.25, -0.2) is 4.98 Å². The quantitative estimate of drug-likeness (QED) is 0.536. The van der Waals surface area contributed by atoms with E-state index in [0.717, 1.165) is 28.0 Å². The van der Waals surface area contributed by atoms with E-state index < -0.39 is 5.25 Å². The normalized spacial score (nSPS) is 15.6. The molecule has 2 amide bonds. The Labute approximate surface area is 179 Å². The number of thioether (sulfide) groups is 1. The molecule has 0 saturated carbocycles. The molecule has 0 aliphatic carbocycles. The van der Waals surface area contributed by atoms with Crippen LogP contribution in [0, 0.1) is 0 Å². The first-order valence-corrected chi connectivity index (χ1v) is 10.9. The van der Waals surface area contributed by atoms with Gasteiger partial charge in [0, 0.05) is 31.1 Å². The van der Waals surface area contributed by atoms with E-state index in [2.05, 4.69) is 15.6 Å². The van der Waals surface area contributed by atoms with E-state index in [9.17, 15) is 9.59 Å². The van der Waals surface area contributed by atoms with Gasteiger partial charge in [-0.1, -0.05) is 24.3 Å². The second-order valence-corrected chi connectivity index (χ2v) is 8.22. The first-order valence-electron chi connectivity index (χ1n) is 10.0. The van der Waals surface area contributed by atoms with Crippen molar-refractivity contribution in [1.29, 1.82) is 0 Å². The molecule has 2 heterocycles. The Morgan fingerprint density at radius 2 is 2.03 bits per heavy atom. The van der Waals surface area contributed by atoms with Crippen molar-refractivity contribution in [3.8, 4) is 0 Å². The van der Waals surface area contributed by atoms with Crippen molar-refractivity contribution in [1.82, 2.24) is 9.55 Å². The highest BCUT2D eigenvalue weighted by molar-refractivity contribution is 8.01. The van der Waals surface area contributed by atoms with Crippen molar-refractivity contribution in [3.05, 3.63) is 48.5 Å². The average molecular weight is 425 g/mol. The van der Waals surface area contributed by atoms with Gasteiger partial charge in [-0.2, -0.15) is 0 Å². The Balaban J connectivity index is 1.47. The van der Waals surface area contributed by atoms with E-state index in [1.165, 1.54) is 11.8 Å². The number of aromatic nitrogens is 2. The molecular formula is C22H24N4O3S. The lowest BCUT2D eigenvalue weighted by atomic mass is 10.2. The second kappa shape index (κ2) is 9.32. The number of imidazole rings is 1. The van der Waals surface area contributed by atoms with Gasteiger partial charge in [-0.15, -0.1) is 11.8 Å². The first kappa shape index (κ1) is 20.4. The summed E-state index contributed by atoms with van der Waals surface area (Å²) in [7, 11) is 0. The monoisotopic (exact) mass is 424 g/mol. The number of hydrogen-bond acceptors (Lipinski definition) is 5. The molecule has 8 heteroatoms. The molecule has 0 fully saturated rings. The van der Waals surface area contributed by atoms with Gasteiger partial charge < -0.3 is 14.6 Å². The minimum Gasteiger partial charge on any atom is -0.382 e. The summed E-state index contributed by atoms with van der Waals surface area (Å²) in [6.45, 7) is 3.98. The molecule has 0 radical (unpaired) electrons. The van der Waals surface area contributed by atoms with Crippen LogP contribution in [0.5, 0.6) is 0 Å². The molecule has 1 aliphatic heterocycles. The fourth-order valence-electron chi connectivity index (χ4n) is 3.44. The summed E-state index contributed by atoms with van der Waals surface area (Å²) < 4.78 is 7.43. The van der Waals surface area contributed by atoms with Crippen LogP contribution in [0.2, 0.25) is 0 Å². The highest BCUT2D eigenvalue weighted by Crippen LogP contribution is 2.36. The van der Waals surface area contributed by atoms with Crippen LogP contribution in [0.4, 0.5) is 11.6 Å². The number of hydrogen-bond donors (Lipinski definition) is 2. The zero-order chi connectivity index (χ0) is 20.9. The Hall–Kier alpha value is -2.84. The van der Waals surface area contributed by atoms with E-state index >= 15 is 0 Å². The number of carbonyl (C=O) groups is 2. The topological polar surface area (TPSA) is 85.2 Å². The number of fused-ring (bicyclic) bond motifs is 2. The zero-order valence-electron chi connectivity index (χ0n) is 16.8. The smallest absolute Gasteiger partial charge is 0.238 e. The first-order chi connectivity index (χ1) is 14.7. The highest BCUT2D eigenvalue weighted by atomic mass is 32.2. The fraction of sp³-hybridized carbons (Fsp3) is 0.318. The Morgan fingerprint density at radius 1 is 1.23 bits per heavy atom. The standard InChI is InChI=1S/C22H24N4O3S/c1-2-29-13-7-12-26-17-10-5-3-8-15(17)24-22(26)25-20(27)14-19-21(28)23-16-9-4-6-11-18(16)30-19/h3-6,8-11,19H,2,7,12-14H2,1H3,(H,23,28)(H,24,25,27). The van der Waals surface area contributed by atoms with Gasteiger partial charge >= 0.3 is 0 Å². The van der Waals surface area contributed by atoms with Crippen molar-refractivity contribution >= 4 is 46.2 Å². The van der Waals surface area contributed by atoms with E-state index in [-0.39, 0.29) is 18.2 Å². The number of amides is 2. The summed E-state index contributed by atoms with van der Waals surface area (Å²) in [4.78, 5) is 30.7. The summed E-state index contributed by atoms with van der Waals surface area (Å²) in [5.41, 5.74) is 2.58. The lowest BCUT2D eigenvalue weighted by molar-refractivity contribution is -0.120. The predicted molar refractivity (Wildman–Crippen MR) is 119 cm³/mol. The van der Waals surface area contributed by atoms with Crippen LogP contribution in [0.15, 0.2) is 53.4 Å². The SMILES string of the molecule is CCOCCCn1c(NC(=O)CC2Sc3ccccc3NC2=O)nc2ccccc21. The fourth-order valence-corrected chi connectivity index (χ4v) is 4.55. The highest BCUT2D eigenvalue weighted by Gasteiger charge is 2.29. The average Bonchev–Trinajstić information content (AvgIpc) is 3.08. The molecule has 1 aliphatic rings. The van der Waals surface area contributed by atoms with Crippen LogP contribution in [0.1, 0.15) is 19.8 Å². The largest absolute Gasteiger partial charge is 0.382 e. The molecule has 0 bridgehead atoms. The van der Waals surface area contributed by atoms with Gasteiger partial charge in [0.2, 0.25) is 17.8 Å². The number of anilines is 2. The van der Waals surface area contributed by atoms with Gasteiger partial charge in [-0.3, -0.25) is 14.9 Å². The molecule has 4 rings (SSSR count). The van der Waals surface area contributed by atoms with E-state index in [4.69, 9.17) is 4.74 Å². The van der Waals surface area contributed by atoms with Gasteiger partial charge in [-0.05, 0) is 37.6 Å². The molecule has 1 atom stereocenters. The number of aryl methyl sites for hydroxylation is 1. The minimum atomic E-state index is -0.476. The Kier molecular flexibility index (Phi) is 6.35. The van der Waals surface area contributed by atoms with E-state index in [0.29, 0.717) is 25.7 Å². The summed E-state index contributed by atoms with van der Waals surface area (Å²) >= 11 is 1.42. The molecule has 0 spiro atoms. The van der Waals surface area contributed by atoms with Crippen LogP contribution in [-0.4, -0.2) is 39.8 Å². The van der Waals surface area contributed by atoms with Gasteiger partial charge in [0.15, 0.2) is 0 Å². The number of rotatable bonds is 8. The van der Waals surface area contributed by atoms with Crippen LogP contribution in [0.25, 0.3) is 11.0 Å². The van der Waals surface area contributed by atoms with Crippen LogP contribution < -0.4 is 10.6 Å². The van der Waals surface area contributed by atoms with E-state index in [1.807, 2.05) is 60.0 Å². The van der Waals surface area contributed by atoms with Crippen molar-refractivity contribution < 1.29 is 14.3 Å². The number of nitrogens with one attached hydrogen (secondary N) is 2. The molecular weight excluding hydrogens is 400 g/mol. The third kappa shape index (κ3) is 4.49. The lowest BCUT2D eigenvalue weighted by Crippen LogP contribution is -2.32. The van der Waals surface area contributed by atoms with Crippen LogP contribution in [0.3, 0.4) is 0 Å². The summed E-state index contributed by atoms with van der Waals surface area (Å²) in [5.74, 6) is 0.113. The molecule has 3 aromatic rings. The third-order valence-electron chi connectivity index (χ3n) is 4.86. The van der Waals surface area contributed by atoms with E-state index in [1.54, 1.807) is 0 Å². The molecule has 7 nitrogen and oxygen atoms in total. The molecule has 1 aromatic heterocycles. The molecule has 2 aromatic carbocycles. The third-order valence-corrected chi connectivity index (χ3v) is 6.13. The van der Waals surface area contributed by atoms with Crippen molar-refractivity contribution in [2.24, 2.45) is 0 Å². The number of benzene rings is 2.